The van der Waals surface area contributed by atoms with Gasteiger partial charge in [0.2, 0.25) is 0 Å². The topological polar surface area (TPSA) is 51.0 Å². The van der Waals surface area contributed by atoms with Crippen LogP contribution in [0.1, 0.15) is 28.2 Å². The molecule has 18 heavy (non-hydrogen) atoms. The number of aryl methyl sites for hydroxylation is 3. The quantitative estimate of drug-likeness (QED) is 0.762. The second-order valence-electron chi connectivity index (χ2n) is 4.86. The summed E-state index contributed by atoms with van der Waals surface area (Å²) in [6.07, 6.45) is 1.10. The van der Waals surface area contributed by atoms with Crippen molar-refractivity contribution in [3.63, 3.8) is 0 Å². The number of likely N-dealkylation sites (tertiary alicyclic amines) is 1. The highest BCUT2D eigenvalue weighted by Gasteiger charge is 2.25. The van der Waals surface area contributed by atoms with Gasteiger partial charge in [-0.15, -0.1) is 0 Å². The van der Waals surface area contributed by atoms with E-state index in [1.54, 1.807) is 4.68 Å². The minimum atomic E-state index is 0.104. The molecule has 1 aliphatic heterocycles. The van der Waals surface area contributed by atoms with Crippen LogP contribution in [0.2, 0.25) is 0 Å². The van der Waals surface area contributed by atoms with Gasteiger partial charge >= 0.3 is 0 Å². The molecule has 1 aliphatic rings. The summed E-state index contributed by atoms with van der Waals surface area (Å²) in [6.45, 7) is 5.56. The van der Waals surface area contributed by atoms with Crippen molar-refractivity contribution in [3.8, 4) is 0 Å². The molecule has 0 N–H and O–H groups in total. The first-order valence-corrected chi connectivity index (χ1v) is 6.18. The third-order valence-corrected chi connectivity index (χ3v) is 3.47. The molecule has 3 heterocycles. The summed E-state index contributed by atoms with van der Waals surface area (Å²) in [6, 6.07) is 1.87. The minimum absolute atomic E-state index is 0.104. The van der Waals surface area contributed by atoms with Crippen LogP contribution in [-0.4, -0.2) is 38.7 Å². The Balaban J connectivity index is 2.23. The predicted octanol–water partition coefficient (Wildman–Crippen LogP) is 1.43. The molecule has 2 aromatic rings. The summed E-state index contributed by atoms with van der Waals surface area (Å²) < 4.78 is 1.74. The Hall–Kier alpha value is -1.91. The third-order valence-electron chi connectivity index (χ3n) is 3.47. The first-order chi connectivity index (χ1) is 8.58. The lowest BCUT2D eigenvalue weighted by molar-refractivity contribution is 0.0653. The van der Waals surface area contributed by atoms with E-state index in [0.29, 0.717) is 0 Å². The van der Waals surface area contributed by atoms with Crippen molar-refractivity contribution in [3.05, 3.63) is 23.0 Å². The fourth-order valence-electron chi connectivity index (χ4n) is 2.43. The number of aromatic nitrogens is 3. The Morgan fingerprint density at radius 1 is 1.33 bits per heavy atom. The van der Waals surface area contributed by atoms with Crippen LogP contribution in [-0.2, 0) is 7.05 Å². The monoisotopic (exact) mass is 244 g/mol. The van der Waals surface area contributed by atoms with Crippen LogP contribution in [0.4, 0.5) is 0 Å². The van der Waals surface area contributed by atoms with Crippen molar-refractivity contribution in [2.45, 2.75) is 20.3 Å². The average molecular weight is 244 g/mol. The number of carbonyl (C=O) groups excluding carboxylic acids is 1. The molecule has 0 spiro atoms. The zero-order valence-electron chi connectivity index (χ0n) is 10.9. The second-order valence-corrected chi connectivity index (χ2v) is 4.86. The molecule has 5 heteroatoms. The third kappa shape index (κ3) is 1.50. The van der Waals surface area contributed by atoms with Gasteiger partial charge in [-0.1, -0.05) is 0 Å². The highest BCUT2D eigenvalue weighted by Crippen LogP contribution is 2.24. The van der Waals surface area contributed by atoms with Crippen LogP contribution in [0.15, 0.2) is 6.07 Å². The number of fused-ring (bicyclic) bond motifs is 1. The molecule has 1 saturated heterocycles. The molecule has 0 aliphatic carbocycles. The highest BCUT2D eigenvalue weighted by molar-refractivity contribution is 6.06. The lowest BCUT2D eigenvalue weighted by Gasteiger charge is -2.31. The van der Waals surface area contributed by atoms with E-state index in [9.17, 15) is 4.79 Å². The van der Waals surface area contributed by atoms with Gasteiger partial charge < -0.3 is 4.90 Å². The van der Waals surface area contributed by atoms with E-state index in [4.69, 9.17) is 0 Å². The van der Waals surface area contributed by atoms with Gasteiger partial charge in [0, 0.05) is 25.8 Å². The van der Waals surface area contributed by atoms with Crippen LogP contribution in [0, 0.1) is 13.8 Å². The van der Waals surface area contributed by atoms with Crippen molar-refractivity contribution in [1.29, 1.82) is 0 Å². The molecule has 2 aromatic heterocycles. The van der Waals surface area contributed by atoms with Gasteiger partial charge in [-0.3, -0.25) is 9.48 Å². The molecule has 0 radical (unpaired) electrons. The minimum Gasteiger partial charge on any atom is -0.338 e. The lowest BCUT2D eigenvalue weighted by atomic mass is 10.1. The lowest BCUT2D eigenvalue weighted by Crippen LogP contribution is -2.42. The second kappa shape index (κ2) is 3.80. The number of amides is 1. The van der Waals surface area contributed by atoms with Crippen molar-refractivity contribution < 1.29 is 4.79 Å². The Bertz CT molecular complexity index is 640. The van der Waals surface area contributed by atoms with Gasteiger partial charge in [0.25, 0.3) is 5.91 Å². The number of pyridine rings is 1. The van der Waals surface area contributed by atoms with Crippen LogP contribution < -0.4 is 0 Å². The Labute approximate surface area is 105 Å². The van der Waals surface area contributed by atoms with Gasteiger partial charge in [-0.25, -0.2) is 4.98 Å². The molecule has 1 fully saturated rings. The number of nitrogens with zero attached hydrogens (tertiary/aromatic N) is 4. The molecule has 0 aromatic carbocycles. The first-order valence-electron chi connectivity index (χ1n) is 6.18. The fourth-order valence-corrected chi connectivity index (χ4v) is 2.43. The van der Waals surface area contributed by atoms with E-state index in [1.807, 2.05) is 31.9 Å². The van der Waals surface area contributed by atoms with Crippen LogP contribution >= 0.6 is 0 Å². The zero-order valence-corrected chi connectivity index (χ0v) is 10.9. The molecular weight excluding hydrogens is 228 g/mol. The fraction of sp³-hybridized carbons (Fsp3) is 0.462. The summed E-state index contributed by atoms with van der Waals surface area (Å²) in [4.78, 5) is 18.8. The van der Waals surface area contributed by atoms with E-state index in [0.717, 1.165) is 47.5 Å². The van der Waals surface area contributed by atoms with Crippen molar-refractivity contribution in [1.82, 2.24) is 19.7 Å². The van der Waals surface area contributed by atoms with E-state index >= 15 is 0 Å². The summed E-state index contributed by atoms with van der Waals surface area (Å²) >= 11 is 0. The van der Waals surface area contributed by atoms with Crippen LogP contribution in [0.25, 0.3) is 11.0 Å². The van der Waals surface area contributed by atoms with Crippen molar-refractivity contribution in [2.75, 3.05) is 13.1 Å². The standard InChI is InChI=1S/C13H16N4O/c1-8-7-10(13(18)17-5-4-6-17)11-9(2)15-16(3)12(11)14-8/h7H,4-6H2,1-3H3. The van der Waals surface area contributed by atoms with Gasteiger partial charge in [0.1, 0.15) is 0 Å². The average Bonchev–Trinajstić information content (AvgIpc) is 2.51. The van der Waals surface area contributed by atoms with Gasteiger partial charge in [0.15, 0.2) is 5.65 Å². The number of hydrogen-bond acceptors (Lipinski definition) is 3. The number of hydrogen-bond donors (Lipinski definition) is 0. The van der Waals surface area contributed by atoms with Crippen LogP contribution in [0.5, 0.6) is 0 Å². The van der Waals surface area contributed by atoms with Crippen molar-refractivity contribution in [2.24, 2.45) is 7.05 Å². The molecule has 94 valence electrons. The molecule has 3 rings (SSSR count). The zero-order chi connectivity index (χ0) is 12.9. The van der Waals surface area contributed by atoms with Crippen LogP contribution in [0.3, 0.4) is 0 Å². The molecule has 0 atom stereocenters. The van der Waals surface area contributed by atoms with E-state index in [1.165, 1.54) is 0 Å². The molecule has 1 amide bonds. The van der Waals surface area contributed by atoms with E-state index in [-0.39, 0.29) is 5.91 Å². The van der Waals surface area contributed by atoms with Gasteiger partial charge in [-0.2, -0.15) is 5.10 Å². The molecule has 0 unspecified atom stereocenters. The number of carbonyl (C=O) groups is 1. The largest absolute Gasteiger partial charge is 0.338 e. The summed E-state index contributed by atoms with van der Waals surface area (Å²) in [5.41, 5.74) is 3.25. The maximum absolute atomic E-state index is 12.4. The predicted molar refractivity (Wildman–Crippen MR) is 68.5 cm³/mol. The SMILES string of the molecule is Cc1cc(C(=O)N2CCC2)c2c(C)nn(C)c2n1. The Morgan fingerprint density at radius 2 is 2.06 bits per heavy atom. The van der Waals surface area contributed by atoms with Crippen molar-refractivity contribution >= 4 is 16.9 Å². The van der Waals surface area contributed by atoms with E-state index < -0.39 is 0 Å². The smallest absolute Gasteiger partial charge is 0.254 e. The number of rotatable bonds is 1. The molecular formula is C13H16N4O. The maximum Gasteiger partial charge on any atom is 0.254 e. The maximum atomic E-state index is 12.4. The Morgan fingerprint density at radius 3 is 2.67 bits per heavy atom. The first kappa shape index (κ1) is 11.2. The van der Waals surface area contributed by atoms with Gasteiger partial charge in [0.05, 0.1) is 16.6 Å². The van der Waals surface area contributed by atoms with E-state index in [2.05, 4.69) is 10.1 Å². The summed E-state index contributed by atoms with van der Waals surface area (Å²) in [5.74, 6) is 0.104. The summed E-state index contributed by atoms with van der Waals surface area (Å²) in [5, 5.41) is 5.25. The Kier molecular flexibility index (Phi) is 2.36. The molecule has 0 saturated carbocycles. The van der Waals surface area contributed by atoms with Gasteiger partial charge in [-0.05, 0) is 26.3 Å². The highest BCUT2D eigenvalue weighted by atomic mass is 16.2. The summed E-state index contributed by atoms with van der Waals surface area (Å²) in [7, 11) is 1.86. The molecule has 5 nitrogen and oxygen atoms in total. The normalized spacial score (nSPS) is 14.9. The molecule has 0 bridgehead atoms.